The summed E-state index contributed by atoms with van der Waals surface area (Å²) in [4.78, 5) is 66.0. The van der Waals surface area contributed by atoms with E-state index in [1.54, 1.807) is 19.6 Å². The first kappa shape index (κ1) is 39.2. The average molecular weight is 632 g/mol. The standard InChI is InChI=1S/C29H53N5O10/c1-28(2,3)20-44-21-29(4,5)19-30-23(35)7-6-22(27(42)43)34-14-12-32(17-25(38)39)10-8-31(16-24(36)37)9-11-33(13-15-34)18-26(40)41/h22H,6-21H2,1-5H3,(H,30,35)(H,36,37)(H,38,39)(H,40,41)(H,42,43). The fourth-order valence-corrected chi connectivity index (χ4v) is 4.75. The van der Waals surface area contributed by atoms with Crippen molar-refractivity contribution in [3.63, 3.8) is 0 Å². The Labute approximate surface area is 260 Å². The van der Waals surface area contributed by atoms with E-state index in [4.69, 9.17) is 4.74 Å². The van der Waals surface area contributed by atoms with Crippen molar-refractivity contribution in [2.45, 2.75) is 53.5 Å². The van der Waals surface area contributed by atoms with Gasteiger partial charge >= 0.3 is 23.9 Å². The Balaban J connectivity index is 2.98. The number of nitrogens with zero attached hydrogens (tertiary/aromatic N) is 4. The summed E-state index contributed by atoms with van der Waals surface area (Å²) >= 11 is 0. The lowest BCUT2D eigenvalue weighted by Crippen LogP contribution is -2.52. The van der Waals surface area contributed by atoms with Crippen LogP contribution >= 0.6 is 0 Å². The maximum absolute atomic E-state index is 12.7. The summed E-state index contributed by atoms with van der Waals surface area (Å²) in [5.41, 5.74) is -0.310. The van der Waals surface area contributed by atoms with Gasteiger partial charge in [0.15, 0.2) is 0 Å². The Bertz CT molecular complexity index is 923. The Hall–Kier alpha value is -2.85. The molecule has 0 bridgehead atoms. The van der Waals surface area contributed by atoms with E-state index in [0.717, 1.165) is 0 Å². The number of rotatable bonds is 16. The number of hydrogen-bond acceptors (Lipinski definition) is 10. The van der Waals surface area contributed by atoms with E-state index in [0.29, 0.717) is 19.8 Å². The smallest absolute Gasteiger partial charge is 0.320 e. The fraction of sp³-hybridized carbons (Fsp3) is 0.828. The topological polar surface area (TPSA) is 200 Å². The van der Waals surface area contributed by atoms with Crippen molar-refractivity contribution in [2.24, 2.45) is 10.8 Å². The predicted molar refractivity (Wildman–Crippen MR) is 162 cm³/mol. The molecule has 1 aliphatic rings. The number of ether oxygens (including phenoxy) is 1. The van der Waals surface area contributed by atoms with Gasteiger partial charge in [0.05, 0.1) is 32.8 Å². The van der Waals surface area contributed by atoms with E-state index in [-0.39, 0.29) is 102 Å². The molecular formula is C29H53N5O10. The van der Waals surface area contributed by atoms with Gasteiger partial charge in [-0.3, -0.25) is 43.6 Å². The largest absolute Gasteiger partial charge is 0.480 e. The Kier molecular flexibility index (Phi) is 16.8. The first-order valence-corrected chi connectivity index (χ1v) is 15.0. The fourth-order valence-electron chi connectivity index (χ4n) is 4.75. The van der Waals surface area contributed by atoms with Gasteiger partial charge in [0, 0.05) is 70.7 Å². The summed E-state index contributed by atoms with van der Waals surface area (Å²) in [5.74, 6) is -4.63. The normalized spacial score (nSPS) is 18.1. The summed E-state index contributed by atoms with van der Waals surface area (Å²) in [6, 6.07) is -1.06. The molecule has 1 fully saturated rings. The SMILES string of the molecule is CC(C)(C)COCC(C)(C)CNC(=O)CCC(C(=O)O)N1CCN(CC(=O)O)CCN(CC(=O)O)CCN(CC(=O)O)CC1. The monoisotopic (exact) mass is 631 g/mol. The molecule has 254 valence electrons. The number of carbonyl (C=O) groups excluding carboxylic acids is 1. The zero-order valence-electron chi connectivity index (χ0n) is 26.9. The molecule has 15 nitrogen and oxygen atoms in total. The second-order valence-corrected chi connectivity index (χ2v) is 13.4. The van der Waals surface area contributed by atoms with Gasteiger partial charge in [-0.2, -0.15) is 0 Å². The molecule has 1 amide bonds. The van der Waals surface area contributed by atoms with Gasteiger partial charge in [0.2, 0.25) is 5.91 Å². The Morgan fingerprint density at radius 2 is 1.09 bits per heavy atom. The van der Waals surface area contributed by atoms with Crippen LogP contribution < -0.4 is 5.32 Å². The minimum absolute atomic E-state index is 0.00632. The van der Waals surface area contributed by atoms with E-state index >= 15 is 0 Å². The molecule has 5 N–H and O–H groups in total. The van der Waals surface area contributed by atoms with Crippen LogP contribution in [0.3, 0.4) is 0 Å². The van der Waals surface area contributed by atoms with E-state index in [2.05, 4.69) is 26.1 Å². The predicted octanol–water partition coefficient (Wildman–Crippen LogP) is -0.0997. The highest BCUT2D eigenvalue weighted by Crippen LogP contribution is 2.19. The number of carbonyl (C=O) groups is 5. The third kappa shape index (κ3) is 18.1. The molecular weight excluding hydrogens is 578 g/mol. The molecule has 0 aromatic rings. The first-order valence-electron chi connectivity index (χ1n) is 15.0. The van der Waals surface area contributed by atoms with Crippen LogP contribution in [0.5, 0.6) is 0 Å². The van der Waals surface area contributed by atoms with Gasteiger partial charge in [0.1, 0.15) is 6.04 Å². The van der Waals surface area contributed by atoms with Gasteiger partial charge in [-0.1, -0.05) is 34.6 Å². The maximum Gasteiger partial charge on any atom is 0.320 e. The van der Waals surface area contributed by atoms with Crippen LogP contribution in [0.15, 0.2) is 0 Å². The van der Waals surface area contributed by atoms with E-state index in [1.165, 1.54) is 0 Å². The van der Waals surface area contributed by atoms with Crippen LogP contribution in [0.2, 0.25) is 0 Å². The highest BCUT2D eigenvalue weighted by molar-refractivity contribution is 5.78. The summed E-state index contributed by atoms with van der Waals surface area (Å²) in [5, 5.41) is 41.1. The van der Waals surface area contributed by atoms with Crippen molar-refractivity contribution in [1.82, 2.24) is 24.9 Å². The van der Waals surface area contributed by atoms with Crippen molar-refractivity contribution in [3.05, 3.63) is 0 Å². The highest BCUT2D eigenvalue weighted by Gasteiger charge is 2.29. The van der Waals surface area contributed by atoms with Crippen molar-refractivity contribution in [1.29, 1.82) is 0 Å². The van der Waals surface area contributed by atoms with Crippen LogP contribution in [-0.2, 0) is 28.7 Å². The average Bonchev–Trinajstić information content (AvgIpc) is 2.86. The lowest BCUT2D eigenvalue weighted by atomic mass is 9.94. The molecule has 0 aromatic carbocycles. The number of amides is 1. The quantitative estimate of drug-likeness (QED) is 0.151. The number of carboxylic acids is 4. The van der Waals surface area contributed by atoms with Gasteiger partial charge in [-0.05, 0) is 11.8 Å². The summed E-state index contributed by atoms with van der Waals surface area (Å²) in [6.07, 6.45) is -0.0411. The number of carboxylic acid groups (broad SMARTS) is 4. The van der Waals surface area contributed by atoms with Crippen molar-refractivity contribution in [2.75, 3.05) is 91.8 Å². The zero-order chi connectivity index (χ0) is 33.5. The van der Waals surface area contributed by atoms with Gasteiger partial charge in [0.25, 0.3) is 0 Å². The van der Waals surface area contributed by atoms with Crippen LogP contribution in [0.1, 0.15) is 47.5 Å². The molecule has 0 saturated carbocycles. The van der Waals surface area contributed by atoms with E-state index in [9.17, 15) is 44.4 Å². The van der Waals surface area contributed by atoms with Crippen molar-refractivity contribution >= 4 is 29.8 Å². The minimum Gasteiger partial charge on any atom is -0.480 e. The molecule has 1 aliphatic heterocycles. The van der Waals surface area contributed by atoms with E-state index < -0.39 is 29.9 Å². The summed E-state index contributed by atoms with van der Waals surface area (Å²) < 4.78 is 5.80. The molecule has 1 atom stereocenters. The number of nitrogens with one attached hydrogen (secondary N) is 1. The number of hydrogen-bond donors (Lipinski definition) is 5. The molecule has 15 heteroatoms. The minimum atomic E-state index is -1.14. The molecule has 1 saturated heterocycles. The Morgan fingerprint density at radius 3 is 1.45 bits per heavy atom. The van der Waals surface area contributed by atoms with Gasteiger partial charge in [-0.15, -0.1) is 0 Å². The molecule has 1 unspecified atom stereocenters. The van der Waals surface area contributed by atoms with Crippen molar-refractivity contribution < 1.29 is 49.1 Å². The molecule has 0 aliphatic carbocycles. The molecule has 0 aromatic heterocycles. The van der Waals surface area contributed by atoms with Crippen molar-refractivity contribution in [3.8, 4) is 0 Å². The second kappa shape index (κ2) is 18.8. The zero-order valence-corrected chi connectivity index (χ0v) is 26.9. The summed E-state index contributed by atoms with van der Waals surface area (Å²) in [7, 11) is 0. The molecule has 0 spiro atoms. The molecule has 44 heavy (non-hydrogen) atoms. The van der Waals surface area contributed by atoms with Gasteiger partial charge in [-0.25, -0.2) is 0 Å². The van der Waals surface area contributed by atoms with Crippen LogP contribution in [0, 0.1) is 10.8 Å². The van der Waals surface area contributed by atoms with Gasteiger partial charge < -0.3 is 30.5 Å². The third-order valence-corrected chi connectivity index (χ3v) is 7.11. The Morgan fingerprint density at radius 1 is 0.682 bits per heavy atom. The second-order valence-electron chi connectivity index (χ2n) is 13.4. The van der Waals surface area contributed by atoms with Crippen LogP contribution in [0.25, 0.3) is 0 Å². The van der Waals surface area contributed by atoms with Crippen LogP contribution in [0.4, 0.5) is 0 Å². The molecule has 0 radical (unpaired) electrons. The maximum atomic E-state index is 12.7. The summed E-state index contributed by atoms with van der Waals surface area (Å²) in [6.45, 7) is 12.2. The van der Waals surface area contributed by atoms with E-state index in [1.807, 2.05) is 13.8 Å². The lowest BCUT2D eigenvalue weighted by molar-refractivity contribution is -0.145. The lowest BCUT2D eigenvalue weighted by Gasteiger charge is -2.35. The molecule has 1 heterocycles. The number of aliphatic carboxylic acids is 4. The molecule has 1 rings (SSSR count). The highest BCUT2D eigenvalue weighted by atomic mass is 16.5. The van der Waals surface area contributed by atoms with Crippen LogP contribution in [-0.4, -0.2) is 168 Å². The first-order chi connectivity index (χ1) is 20.4. The third-order valence-electron chi connectivity index (χ3n) is 7.11.